The number of fused-ring (bicyclic) bond motifs is 4. The van der Waals surface area contributed by atoms with Crippen molar-refractivity contribution in [1.82, 2.24) is 0 Å². The summed E-state index contributed by atoms with van der Waals surface area (Å²) in [5.41, 5.74) is 4.63. The number of ketones is 1. The number of nitrogens with zero attached hydrogens (tertiary/aromatic N) is 1. The van der Waals surface area contributed by atoms with Crippen molar-refractivity contribution in [3.05, 3.63) is 70.2 Å². The number of halogens is 1. The van der Waals surface area contributed by atoms with Crippen molar-refractivity contribution in [2.75, 3.05) is 18.9 Å². The molecule has 0 radical (unpaired) electrons. The van der Waals surface area contributed by atoms with Crippen LogP contribution in [0.25, 0.3) is 0 Å². The number of carbonyl (C=O) groups excluding carboxylic acids is 1. The average Bonchev–Trinajstić information content (AvgIpc) is 3.48. The van der Waals surface area contributed by atoms with E-state index in [2.05, 4.69) is 21.2 Å². The fraction of sp³-hybridized carbons (Fsp3) is 0.259. The van der Waals surface area contributed by atoms with Gasteiger partial charge in [-0.25, -0.2) is 0 Å². The van der Waals surface area contributed by atoms with Gasteiger partial charge in [-0.15, -0.1) is 0 Å². The zero-order chi connectivity index (χ0) is 23.5. The standard InChI is InChI=1S/C27H21BrN2O5/c28-17-11-25-24(34-13-35-25)10-16(17)27-26-20(29-18-3-1-2-4-19(18)30-27)7-15(8-21(26)31)14-5-6-22-23(9-14)33-12-32-22/h1-6,9-11,15,26-27,30H,7-8,12-13H2. The van der Waals surface area contributed by atoms with Crippen LogP contribution in [0.5, 0.6) is 23.0 Å². The lowest BCUT2D eigenvalue weighted by molar-refractivity contribution is -0.122. The molecule has 0 spiro atoms. The van der Waals surface area contributed by atoms with Gasteiger partial charge in [-0.05, 0) is 59.9 Å². The average molecular weight is 533 g/mol. The number of rotatable bonds is 2. The predicted octanol–water partition coefficient (Wildman–Crippen LogP) is 5.91. The van der Waals surface area contributed by atoms with Gasteiger partial charge in [0.15, 0.2) is 23.0 Å². The van der Waals surface area contributed by atoms with Crippen molar-refractivity contribution >= 4 is 38.8 Å². The number of benzene rings is 3. The van der Waals surface area contributed by atoms with Crippen molar-refractivity contribution in [1.29, 1.82) is 0 Å². The fourth-order valence-corrected chi connectivity index (χ4v) is 6.00. The van der Waals surface area contributed by atoms with E-state index in [1.54, 1.807) is 0 Å². The molecule has 3 unspecified atom stereocenters. The van der Waals surface area contributed by atoms with Crippen LogP contribution in [0.1, 0.15) is 35.9 Å². The van der Waals surface area contributed by atoms with Gasteiger partial charge in [-0.3, -0.25) is 9.79 Å². The fourth-order valence-electron chi connectivity index (χ4n) is 5.43. The van der Waals surface area contributed by atoms with E-state index < -0.39 is 5.92 Å². The minimum absolute atomic E-state index is 0.0260. The molecular weight excluding hydrogens is 512 g/mol. The minimum Gasteiger partial charge on any atom is -0.454 e. The largest absolute Gasteiger partial charge is 0.454 e. The lowest BCUT2D eigenvalue weighted by Gasteiger charge is -2.34. The second-order valence-corrected chi connectivity index (χ2v) is 9.99. The van der Waals surface area contributed by atoms with Gasteiger partial charge in [0.05, 0.1) is 23.3 Å². The van der Waals surface area contributed by atoms with Gasteiger partial charge in [-0.2, -0.15) is 0 Å². The SMILES string of the molecule is O=C1CC(c2ccc3c(c2)OCO3)CC2=Nc3ccccc3NC(c3cc4c(cc3Br)OCO4)C12. The quantitative estimate of drug-likeness (QED) is 0.442. The minimum atomic E-state index is -0.399. The highest BCUT2D eigenvalue weighted by molar-refractivity contribution is 9.10. The van der Waals surface area contributed by atoms with Crippen LogP contribution in [0, 0.1) is 5.92 Å². The summed E-state index contributed by atoms with van der Waals surface area (Å²) in [6, 6.07) is 17.5. The summed E-state index contributed by atoms with van der Waals surface area (Å²) >= 11 is 3.71. The maximum atomic E-state index is 13.8. The molecule has 7 rings (SSSR count). The Morgan fingerprint density at radius 2 is 1.60 bits per heavy atom. The monoisotopic (exact) mass is 532 g/mol. The van der Waals surface area contributed by atoms with Crippen LogP contribution in [0.3, 0.4) is 0 Å². The molecule has 0 bridgehead atoms. The van der Waals surface area contributed by atoms with E-state index in [1.165, 1.54) is 0 Å². The number of nitrogens with one attached hydrogen (secondary N) is 1. The highest BCUT2D eigenvalue weighted by Crippen LogP contribution is 2.48. The number of aliphatic imine (C=N–C) groups is 1. The number of hydrogen-bond donors (Lipinski definition) is 1. The molecule has 8 heteroatoms. The molecule has 35 heavy (non-hydrogen) atoms. The van der Waals surface area contributed by atoms with E-state index in [0.29, 0.717) is 24.3 Å². The zero-order valence-corrected chi connectivity index (χ0v) is 20.2. The molecule has 0 amide bonds. The van der Waals surface area contributed by atoms with Gasteiger partial charge in [0.2, 0.25) is 13.6 Å². The predicted molar refractivity (Wildman–Crippen MR) is 133 cm³/mol. The number of hydrogen-bond acceptors (Lipinski definition) is 7. The van der Waals surface area contributed by atoms with Crippen LogP contribution in [0.15, 0.2) is 64.1 Å². The van der Waals surface area contributed by atoms with E-state index in [1.807, 2.05) is 54.6 Å². The smallest absolute Gasteiger partial charge is 0.231 e. The first-order valence-corrected chi connectivity index (χ1v) is 12.4. The topological polar surface area (TPSA) is 78.4 Å². The molecular formula is C27H21BrN2O5. The van der Waals surface area contributed by atoms with Crippen molar-refractivity contribution < 1.29 is 23.7 Å². The molecule has 0 aromatic heterocycles. The van der Waals surface area contributed by atoms with E-state index in [9.17, 15) is 4.79 Å². The molecule has 3 aromatic rings. The summed E-state index contributed by atoms with van der Waals surface area (Å²) < 4.78 is 23.1. The van der Waals surface area contributed by atoms with Crippen LogP contribution in [0.4, 0.5) is 11.4 Å². The molecule has 1 aliphatic carbocycles. The van der Waals surface area contributed by atoms with Gasteiger partial charge >= 0.3 is 0 Å². The Kier molecular flexibility index (Phi) is 4.77. The van der Waals surface area contributed by atoms with Crippen molar-refractivity contribution in [3.8, 4) is 23.0 Å². The Morgan fingerprint density at radius 3 is 2.46 bits per heavy atom. The zero-order valence-electron chi connectivity index (χ0n) is 18.6. The second-order valence-electron chi connectivity index (χ2n) is 9.13. The summed E-state index contributed by atoms with van der Waals surface area (Å²) in [5.74, 6) is 2.64. The first-order valence-electron chi connectivity index (χ1n) is 11.6. The van der Waals surface area contributed by atoms with Crippen LogP contribution in [-0.4, -0.2) is 25.1 Å². The van der Waals surface area contributed by atoms with Gasteiger partial charge in [-0.1, -0.05) is 34.1 Å². The molecule has 3 heterocycles. The number of Topliss-reactive ketones (excluding diaryl/α,β-unsaturated/α-hetero) is 1. The summed E-state index contributed by atoms with van der Waals surface area (Å²) in [6.07, 6.45) is 1.12. The van der Waals surface area contributed by atoms with E-state index in [4.69, 9.17) is 23.9 Å². The Balaban J connectivity index is 1.31. The summed E-state index contributed by atoms with van der Waals surface area (Å²) in [4.78, 5) is 18.9. The molecule has 0 saturated heterocycles. The second kappa shape index (κ2) is 8.02. The van der Waals surface area contributed by atoms with Gasteiger partial charge in [0, 0.05) is 16.6 Å². The first-order chi connectivity index (χ1) is 17.1. The summed E-state index contributed by atoms with van der Waals surface area (Å²) in [6.45, 7) is 0.421. The van der Waals surface area contributed by atoms with Crippen molar-refractivity contribution in [2.24, 2.45) is 10.9 Å². The van der Waals surface area contributed by atoms with Gasteiger partial charge in [0.1, 0.15) is 5.78 Å². The highest BCUT2D eigenvalue weighted by atomic mass is 79.9. The number of anilines is 1. The van der Waals surface area contributed by atoms with Gasteiger partial charge < -0.3 is 24.3 Å². The molecule has 3 aromatic carbocycles. The number of ether oxygens (including phenoxy) is 4. The third-order valence-electron chi connectivity index (χ3n) is 7.12. The highest BCUT2D eigenvalue weighted by Gasteiger charge is 2.43. The Bertz CT molecular complexity index is 1400. The molecule has 1 saturated carbocycles. The van der Waals surface area contributed by atoms with Crippen molar-refractivity contribution in [3.63, 3.8) is 0 Å². The third kappa shape index (κ3) is 3.46. The van der Waals surface area contributed by atoms with Crippen LogP contribution >= 0.6 is 15.9 Å². The maximum Gasteiger partial charge on any atom is 0.231 e. The normalized spacial score (nSPS) is 23.6. The first kappa shape index (κ1) is 20.8. The summed E-state index contributed by atoms with van der Waals surface area (Å²) in [7, 11) is 0. The Labute approximate surface area is 210 Å². The molecule has 3 aliphatic heterocycles. The van der Waals surface area contributed by atoms with Crippen LogP contribution in [-0.2, 0) is 4.79 Å². The third-order valence-corrected chi connectivity index (χ3v) is 7.80. The van der Waals surface area contributed by atoms with E-state index >= 15 is 0 Å². The van der Waals surface area contributed by atoms with E-state index in [-0.39, 0.29) is 31.3 Å². The van der Waals surface area contributed by atoms with E-state index in [0.717, 1.165) is 44.2 Å². The lowest BCUT2D eigenvalue weighted by Crippen LogP contribution is -2.38. The van der Waals surface area contributed by atoms with Gasteiger partial charge in [0.25, 0.3) is 0 Å². The number of para-hydroxylation sites is 2. The van der Waals surface area contributed by atoms with Crippen LogP contribution < -0.4 is 24.3 Å². The maximum absolute atomic E-state index is 13.8. The lowest BCUT2D eigenvalue weighted by atomic mass is 9.72. The molecule has 3 atom stereocenters. The molecule has 4 aliphatic rings. The molecule has 1 fully saturated rings. The van der Waals surface area contributed by atoms with Crippen molar-refractivity contribution in [2.45, 2.75) is 24.8 Å². The Hall–Kier alpha value is -3.52. The van der Waals surface area contributed by atoms with Crippen LogP contribution in [0.2, 0.25) is 0 Å². The molecule has 176 valence electrons. The Morgan fingerprint density at radius 1 is 0.857 bits per heavy atom. The number of carbonyl (C=O) groups is 1. The molecule has 1 N–H and O–H groups in total. The summed E-state index contributed by atoms with van der Waals surface area (Å²) in [5, 5.41) is 3.63. The molecule has 7 nitrogen and oxygen atoms in total.